The van der Waals surface area contributed by atoms with Gasteiger partial charge in [-0.1, -0.05) is 18.2 Å². The first-order valence-electron chi connectivity index (χ1n) is 6.23. The number of aryl methyl sites for hydroxylation is 2. The first-order valence-corrected chi connectivity index (χ1v) is 6.23. The average molecular weight is 231 g/mol. The molecule has 92 valence electrons. The Balaban J connectivity index is 1.90. The van der Waals surface area contributed by atoms with Gasteiger partial charge in [0.05, 0.1) is 6.54 Å². The van der Waals surface area contributed by atoms with Gasteiger partial charge in [0.25, 0.3) is 0 Å². The number of likely N-dealkylation sites (N-methyl/N-ethyl adjacent to an activating group) is 1. The molecule has 1 heterocycles. The van der Waals surface area contributed by atoms with Crippen LogP contribution < -0.4 is 5.32 Å². The first kappa shape index (κ1) is 12.0. The molecular weight excluding hydrogens is 210 g/mol. The molecule has 0 unspecified atom stereocenters. The van der Waals surface area contributed by atoms with Crippen LogP contribution in [0.1, 0.15) is 16.7 Å². The van der Waals surface area contributed by atoms with Crippen molar-refractivity contribution in [2.75, 3.05) is 26.7 Å². The van der Waals surface area contributed by atoms with E-state index >= 15 is 0 Å². The predicted octanol–water partition coefficient (Wildman–Crippen LogP) is 1.74. The number of hydrogen-bond donors (Lipinski definition) is 1. The molecule has 1 aliphatic heterocycles. The normalized spacial score (nSPS) is 15.0. The van der Waals surface area contributed by atoms with Gasteiger partial charge in [-0.25, -0.2) is 0 Å². The van der Waals surface area contributed by atoms with Crippen LogP contribution in [0.3, 0.4) is 0 Å². The van der Waals surface area contributed by atoms with Crippen LogP contribution in [0.5, 0.6) is 0 Å². The lowest BCUT2D eigenvalue weighted by Crippen LogP contribution is -2.36. The Morgan fingerprint density at radius 1 is 1.29 bits per heavy atom. The molecule has 0 atom stereocenters. The van der Waals surface area contributed by atoms with Gasteiger partial charge in [-0.3, -0.25) is 4.99 Å². The van der Waals surface area contributed by atoms with E-state index in [2.05, 4.69) is 54.3 Å². The Hall–Kier alpha value is -1.51. The van der Waals surface area contributed by atoms with E-state index in [1.54, 1.807) is 0 Å². The van der Waals surface area contributed by atoms with Gasteiger partial charge in [0, 0.05) is 20.1 Å². The van der Waals surface area contributed by atoms with Crippen molar-refractivity contribution in [3.63, 3.8) is 0 Å². The molecule has 3 heteroatoms. The van der Waals surface area contributed by atoms with Gasteiger partial charge in [-0.15, -0.1) is 0 Å². The van der Waals surface area contributed by atoms with Crippen LogP contribution in [-0.4, -0.2) is 37.5 Å². The second kappa shape index (κ2) is 5.21. The zero-order valence-corrected chi connectivity index (χ0v) is 11.0. The van der Waals surface area contributed by atoms with Crippen LogP contribution in [-0.2, 0) is 6.42 Å². The summed E-state index contributed by atoms with van der Waals surface area (Å²) in [7, 11) is 2.08. The van der Waals surface area contributed by atoms with E-state index in [1.165, 1.54) is 16.7 Å². The largest absolute Gasteiger partial charge is 0.356 e. The molecule has 3 nitrogen and oxygen atoms in total. The van der Waals surface area contributed by atoms with E-state index in [-0.39, 0.29) is 0 Å². The molecule has 2 rings (SSSR count). The number of nitrogens with one attached hydrogen (secondary N) is 1. The van der Waals surface area contributed by atoms with Gasteiger partial charge in [0.15, 0.2) is 5.96 Å². The highest BCUT2D eigenvalue weighted by Crippen LogP contribution is 2.13. The lowest BCUT2D eigenvalue weighted by atomic mass is 10.0. The number of aliphatic imine (C=N–C) groups is 1. The van der Waals surface area contributed by atoms with E-state index in [9.17, 15) is 0 Å². The van der Waals surface area contributed by atoms with Crippen LogP contribution in [0.4, 0.5) is 0 Å². The molecule has 0 amide bonds. The summed E-state index contributed by atoms with van der Waals surface area (Å²) in [6.07, 6.45) is 1.06. The maximum absolute atomic E-state index is 4.42. The summed E-state index contributed by atoms with van der Waals surface area (Å²) in [5.41, 5.74) is 4.23. The third-order valence-electron chi connectivity index (χ3n) is 3.36. The topological polar surface area (TPSA) is 27.6 Å². The van der Waals surface area contributed by atoms with Gasteiger partial charge in [0.2, 0.25) is 0 Å². The first-order chi connectivity index (χ1) is 8.18. The maximum Gasteiger partial charge on any atom is 0.193 e. The zero-order chi connectivity index (χ0) is 12.3. The third-order valence-corrected chi connectivity index (χ3v) is 3.36. The minimum absolute atomic E-state index is 0.919. The van der Waals surface area contributed by atoms with E-state index in [0.717, 1.165) is 32.0 Å². The van der Waals surface area contributed by atoms with Crippen LogP contribution in [0, 0.1) is 13.8 Å². The summed E-state index contributed by atoms with van der Waals surface area (Å²) in [5.74, 6) is 1.04. The summed E-state index contributed by atoms with van der Waals surface area (Å²) < 4.78 is 0. The predicted molar refractivity (Wildman–Crippen MR) is 72.6 cm³/mol. The van der Waals surface area contributed by atoms with Crippen LogP contribution >= 0.6 is 0 Å². The lowest BCUT2D eigenvalue weighted by Gasteiger charge is -2.16. The summed E-state index contributed by atoms with van der Waals surface area (Å²) >= 11 is 0. The molecule has 17 heavy (non-hydrogen) atoms. The molecule has 1 aromatic carbocycles. The monoisotopic (exact) mass is 231 g/mol. The van der Waals surface area contributed by atoms with Gasteiger partial charge < -0.3 is 10.2 Å². The molecule has 1 aliphatic rings. The number of rotatable bonds is 3. The van der Waals surface area contributed by atoms with Crippen molar-refractivity contribution in [3.05, 3.63) is 34.9 Å². The minimum Gasteiger partial charge on any atom is -0.356 e. The van der Waals surface area contributed by atoms with Crippen molar-refractivity contribution in [2.24, 2.45) is 4.99 Å². The molecule has 0 aliphatic carbocycles. The van der Waals surface area contributed by atoms with E-state index in [4.69, 9.17) is 0 Å². The van der Waals surface area contributed by atoms with Crippen LogP contribution in [0.15, 0.2) is 23.2 Å². The van der Waals surface area contributed by atoms with Gasteiger partial charge in [-0.05, 0) is 37.0 Å². The number of hydrogen-bond acceptors (Lipinski definition) is 3. The Bertz CT molecular complexity index is 403. The van der Waals surface area contributed by atoms with Crippen molar-refractivity contribution in [1.82, 2.24) is 10.2 Å². The second-order valence-corrected chi connectivity index (χ2v) is 4.67. The standard InChI is InChI=1S/C14H21N3/c1-11-5-4-6-12(2)13(11)7-8-15-14-16-9-10-17(14)3/h4-6H,7-10H2,1-3H3,(H,15,16). The summed E-state index contributed by atoms with van der Waals surface area (Å²) in [5, 5.41) is 3.41. The Kier molecular flexibility index (Phi) is 3.67. The smallest absolute Gasteiger partial charge is 0.193 e. The van der Waals surface area contributed by atoms with Gasteiger partial charge >= 0.3 is 0 Å². The van der Waals surface area contributed by atoms with Crippen molar-refractivity contribution < 1.29 is 0 Å². The lowest BCUT2D eigenvalue weighted by molar-refractivity contribution is 0.534. The minimum atomic E-state index is 0.919. The van der Waals surface area contributed by atoms with E-state index < -0.39 is 0 Å². The van der Waals surface area contributed by atoms with Crippen LogP contribution in [0.2, 0.25) is 0 Å². The van der Waals surface area contributed by atoms with Crippen molar-refractivity contribution in [1.29, 1.82) is 0 Å². The molecule has 0 spiro atoms. The third kappa shape index (κ3) is 2.78. The van der Waals surface area contributed by atoms with E-state index in [1.807, 2.05) is 0 Å². The molecule has 0 fully saturated rings. The molecule has 0 saturated heterocycles. The van der Waals surface area contributed by atoms with Crippen molar-refractivity contribution in [3.8, 4) is 0 Å². The molecule has 0 saturated carbocycles. The molecule has 0 aromatic heterocycles. The number of benzene rings is 1. The fraction of sp³-hybridized carbons (Fsp3) is 0.500. The van der Waals surface area contributed by atoms with Crippen molar-refractivity contribution >= 4 is 5.96 Å². The average Bonchev–Trinajstić information content (AvgIpc) is 2.69. The molecular formula is C14H21N3. The summed E-state index contributed by atoms with van der Waals surface area (Å²) in [6.45, 7) is 7.27. The highest BCUT2D eigenvalue weighted by molar-refractivity contribution is 5.81. The number of guanidine groups is 1. The summed E-state index contributed by atoms with van der Waals surface area (Å²) in [6, 6.07) is 6.49. The van der Waals surface area contributed by atoms with Gasteiger partial charge in [0.1, 0.15) is 0 Å². The highest BCUT2D eigenvalue weighted by Gasteiger charge is 2.11. The fourth-order valence-corrected chi connectivity index (χ4v) is 2.27. The molecule has 1 aromatic rings. The molecule has 1 N–H and O–H groups in total. The maximum atomic E-state index is 4.42. The van der Waals surface area contributed by atoms with Crippen molar-refractivity contribution in [2.45, 2.75) is 20.3 Å². The Morgan fingerprint density at radius 2 is 2.00 bits per heavy atom. The Labute approximate surface area is 104 Å². The number of nitrogens with zero attached hydrogens (tertiary/aromatic N) is 2. The van der Waals surface area contributed by atoms with E-state index in [0.29, 0.717) is 0 Å². The fourth-order valence-electron chi connectivity index (χ4n) is 2.27. The van der Waals surface area contributed by atoms with Gasteiger partial charge in [-0.2, -0.15) is 0 Å². The van der Waals surface area contributed by atoms with Crippen LogP contribution in [0.25, 0.3) is 0 Å². The zero-order valence-electron chi connectivity index (χ0n) is 11.0. The highest BCUT2D eigenvalue weighted by atomic mass is 15.3. The molecule has 0 radical (unpaired) electrons. The molecule has 0 bridgehead atoms. The summed E-state index contributed by atoms with van der Waals surface area (Å²) in [4.78, 5) is 6.60. The Morgan fingerprint density at radius 3 is 2.59 bits per heavy atom. The second-order valence-electron chi connectivity index (χ2n) is 4.67. The SMILES string of the molecule is Cc1cccc(C)c1CCNC1=NCCN1C. The quantitative estimate of drug-likeness (QED) is 0.858.